The monoisotopic (exact) mass is 468 g/mol. The van der Waals surface area contributed by atoms with Gasteiger partial charge in [0.25, 0.3) is 5.91 Å². The lowest BCUT2D eigenvalue weighted by atomic mass is 10.1. The van der Waals surface area contributed by atoms with Crippen LogP contribution >= 0.6 is 0 Å². The van der Waals surface area contributed by atoms with Crippen molar-refractivity contribution in [3.05, 3.63) is 83.9 Å². The fourth-order valence-electron chi connectivity index (χ4n) is 4.55. The van der Waals surface area contributed by atoms with E-state index in [1.54, 1.807) is 12.0 Å². The van der Waals surface area contributed by atoms with Gasteiger partial charge >= 0.3 is 0 Å². The number of aryl methyl sites for hydroxylation is 1. The number of ether oxygens (including phenoxy) is 1. The predicted molar refractivity (Wildman–Crippen MR) is 137 cm³/mol. The van der Waals surface area contributed by atoms with Crippen molar-refractivity contribution in [2.24, 2.45) is 0 Å². The Morgan fingerprint density at radius 1 is 1.00 bits per heavy atom. The van der Waals surface area contributed by atoms with E-state index < -0.39 is 6.04 Å². The number of benzene rings is 3. The van der Waals surface area contributed by atoms with E-state index in [0.717, 1.165) is 34.5 Å². The molecule has 178 valence electrons. The molecule has 0 bridgehead atoms. The molecule has 1 N–H and O–H groups in total. The van der Waals surface area contributed by atoms with Gasteiger partial charge in [-0.15, -0.1) is 0 Å². The van der Waals surface area contributed by atoms with E-state index in [0.29, 0.717) is 18.9 Å². The normalized spacial score (nSPS) is 14.9. The van der Waals surface area contributed by atoms with Crippen molar-refractivity contribution < 1.29 is 14.3 Å². The Hall–Kier alpha value is -4.13. The second-order valence-corrected chi connectivity index (χ2v) is 8.68. The Labute approximate surface area is 204 Å². The first-order valence-electron chi connectivity index (χ1n) is 11.9. The minimum atomic E-state index is -0.636. The Bertz CT molecular complexity index is 1360. The highest BCUT2D eigenvalue weighted by molar-refractivity contribution is 6.05. The summed E-state index contributed by atoms with van der Waals surface area (Å²) in [4.78, 5) is 32.9. The fraction of sp³-hybridized carbons (Fsp3) is 0.250. The number of imidazole rings is 1. The lowest BCUT2D eigenvalue weighted by Crippen LogP contribution is -2.33. The number of nitrogens with zero attached hydrogens (tertiary/aromatic N) is 3. The number of fused-ring (bicyclic) bond motifs is 3. The number of carbonyl (C=O) groups is 2. The third-order valence-corrected chi connectivity index (χ3v) is 6.49. The van der Waals surface area contributed by atoms with Gasteiger partial charge in [0.2, 0.25) is 11.9 Å². The third kappa shape index (κ3) is 4.49. The number of rotatable bonds is 8. The Kier molecular flexibility index (Phi) is 6.23. The highest BCUT2D eigenvalue weighted by Gasteiger charge is 2.40. The largest absolute Gasteiger partial charge is 0.497 e. The highest BCUT2D eigenvalue weighted by atomic mass is 16.5. The minimum Gasteiger partial charge on any atom is -0.497 e. The average molecular weight is 469 g/mol. The molecule has 3 aromatic carbocycles. The lowest BCUT2D eigenvalue weighted by Gasteiger charge is -2.16. The van der Waals surface area contributed by atoms with Crippen LogP contribution in [0.15, 0.2) is 72.8 Å². The van der Waals surface area contributed by atoms with Crippen molar-refractivity contribution in [3.8, 4) is 5.75 Å². The molecule has 0 aliphatic carbocycles. The first-order valence-corrected chi connectivity index (χ1v) is 11.9. The topological polar surface area (TPSA) is 76.5 Å². The summed E-state index contributed by atoms with van der Waals surface area (Å²) < 4.78 is 7.14. The summed E-state index contributed by atoms with van der Waals surface area (Å²) in [5, 5.41) is 2.94. The van der Waals surface area contributed by atoms with Crippen LogP contribution in [0.3, 0.4) is 0 Å². The van der Waals surface area contributed by atoms with Crippen molar-refractivity contribution in [1.82, 2.24) is 9.55 Å². The number of hydrogen-bond acceptors (Lipinski definition) is 4. The molecule has 5 rings (SSSR count). The molecule has 1 atom stereocenters. The van der Waals surface area contributed by atoms with Gasteiger partial charge in [-0.1, -0.05) is 43.3 Å². The molecular weight excluding hydrogens is 440 g/mol. The minimum absolute atomic E-state index is 0.0424. The molecular formula is C28H28N4O3. The van der Waals surface area contributed by atoms with Gasteiger partial charge in [0.05, 0.1) is 24.6 Å². The molecule has 35 heavy (non-hydrogen) atoms. The van der Waals surface area contributed by atoms with Crippen LogP contribution in [0.4, 0.5) is 11.6 Å². The zero-order chi connectivity index (χ0) is 24.4. The molecule has 4 aromatic rings. The Morgan fingerprint density at radius 2 is 1.71 bits per heavy atom. The second-order valence-electron chi connectivity index (χ2n) is 8.68. The van der Waals surface area contributed by atoms with Crippen molar-refractivity contribution in [1.29, 1.82) is 0 Å². The number of amides is 2. The second kappa shape index (κ2) is 9.62. The van der Waals surface area contributed by atoms with E-state index in [1.807, 2.05) is 77.4 Å². The maximum Gasteiger partial charge on any atom is 0.253 e. The van der Waals surface area contributed by atoms with E-state index >= 15 is 0 Å². The summed E-state index contributed by atoms with van der Waals surface area (Å²) in [5.74, 6) is 1.08. The molecule has 1 aromatic heterocycles. The molecule has 0 fully saturated rings. The Balaban J connectivity index is 1.37. The van der Waals surface area contributed by atoms with Gasteiger partial charge in [0.1, 0.15) is 11.8 Å². The lowest BCUT2D eigenvalue weighted by molar-refractivity contribution is -0.124. The van der Waals surface area contributed by atoms with Crippen LogP contribution in [0.1, 0.15) is 30.5 Å². The molecule has 0 unspecified atom stereocenters. The molecule has 7 nitrogen and oxygen atoms in total. The maximum absolute atomic E-state index is 13.5. The van der Waals surface area contributed by atoms with E-state index in [-0.39, 0.29) is 18.2 Å². The van der Waals surface area contributed by atoms with E-state index in [2.05, 4.69) is 12.2 Å². The molecule has 0 saturated carbocycles. The van der Waals surface area contributed by atoms with Crippen LogP contribution < -0.4 is 15.0 Å². The van der Waals surface area contributed by atoms with Gasteiger partial charge in [-0.2, -0.15) is 0 Å². The van der Waals surface area contributed by atoms with Crippen LogP contribution in [0.2, 0.25) is 0 Å². The first kappa shape index (κ1) is 22.7. The molecule has 0 spiro atoms. The third-order valence-electron chi connectivity index (χ3n) is 6.49. The number of carbonyl (C=O) groups excluding carboxylic acids is 2. The van der Waals surface area contributed by atoms with E-state index in [1.165, 1.54) is 5.56 Å². The summed E-state index contributed by atoms with van der Waals surface area (Å²) >= 11 is 0. The van der Waals surface area contributed by atoms with Crippen molar-refractivity contribution in [2.75, 3.05) is 23.9 Å². The number of methoxy groups -OCH3 is 1. The van der Waals surface area contributed by atoms with Crippen molar-refractivity contribution in [3.63, 3.8) is 0 Å². The van der Waals surface area contributed by atoms with Crippen LogP contribution in [-0.4, -0.2) is 35.0 Å². The molecule has 1 aliphatic heterocycles. The molecule has 0 saturated heterocycles. The number of para-hydroxylation sites is 2. The van der Waals surface area contributed by atoms with Gasteiger partial charge in [0, 0.05) is 12.2 Å². The SMILES string of the molecule is CCc1ccc(NC(=O)C[C@H]2C(=O)N(CCc3ccc(OC)cc3)c3nc4ccccc4n32)cc1. The molecule has 1 aliphatic rings. The number of hydrogen-bond donors (Lipinski definition) is 1. The fourth-order valence-corrected chi connectivity index (χ4v) is 4.55. The average Bonchev–Trinajstić information content (AvgIpc) is 3.38. The van der Waals surface area contributed by atoms with Crippen LogP contribution in [0.5, 0.6) is 5.75 Å². The molecule has 0 radical (unpaired) electrons. The molecule has 2 amide bonds. The number of aromatic nitrogens is 2. The first-order chi connectivity index (χ1) is 17.1. The zero-order valence-electron chi connectivity index (χ0n) is 19.9. The standard InChI is InChI=1S/C28H28N4O3/c1-3-19-8-12-21(13-9-19)29-26(33)18-25-27(34)31(17-16-20-10-14-22(35-2)15-11-20)28-30-23-6-4-5-7-24(23)32(25)28/h4-15,25H,3,16-18H2,1-2H3,(H,29,33)/t25-/m0/s1. The van der Waals surface area contributed by atoms with Gasteiger partial charge < -0.3 is 10.1 Å². The summed E-state index contributed by atoms with van der Waals surface area (Å²) in [6.07, 6.45) is 1.65. The predicted octanol–water partition coefficient (Wildman–Crippen LogP) is 4.77. The van der Waals surface area contributed by atoms with Gasteiger partial charge in [-0.25, -0.2) is 4.98 Å². The summed E-state index contributed by atoms with van der Waals surface area (Å²) in [6.45, 7) is 2.57. The summed E-state index contributed by atoms with van der Waals surface area (Å²) in [7, 11) is 1.64. The molecule has 2 heterocycles. The van der Waals surface area contributed by atoms with Crippen LogP contribution in [0.25, 0.3) is 11.0 Å². The smallest absolute Gasteiger partial charge is 0.253 e. The zero-order valence-corrected chi connectivity index (χ0v) is 19.9. The summed E-state index contributed by atoms with van der Waals surface area (Å²) in [6, 6.07) is 22.7. The van der Waals surface area contributed by atoms with E-state index in [4.69, 9.17) is 9.72 Å². The van der Waals surface area contributed by atoms with Crippen molar-refractivity contribution >= 4 is 34.5 Å². The van der Waals surface area contributed by atoms with Gasteiger partial charge in [-0.05, 0) is 60.4 Å². The number of anilines is 2. The van der Waals surface area contributed by atoms with Crippen molar-refractivity contribution in [2.45, 2.75) is 32.2 Å². The Morgan fingerprint density at radius 3 is 2.43 bits per heavy atom. The van der Waals surface area contributed by atoms with Gasteiger partial charge in [0.15, 0.2) is 0 Å². The summed E-state index contributed by atoms with van der Waals surface area (Å²) in [5.41, 5.74) is 4.69. The van der Waals surface area contributed by atoms with Crippen LogP contribution in [0, 0.1) is 0 Å². The highest BCUT2D eigenvalue weighted by Crippen LogP contribution is 2.36. The molecule has 7 heteroatoms. The van der Waals surface area contributed by atoms with E-state index in [9.17, 15) is 9.59 Å². The quantitative estimate of drug-likeness (QED) is 0.404. The van der Waals surface area contributed by atoms with Crippen LogP contribution in [-0.2, 0) is 22.4 Å². The number of nitrogens with one attached hydrogen (secondary N) is 1. The maximum atomic E-state index is 13.5. The van der Waals surface area contributed by atoms with Gasteiger partial charge in [-0.3, -0.25) is 19.1 Å².